The maximum atomic E-state index is 13.8. The van der Waals surface area contributed by atoms with E-state index in [9.17, 15) is 9.18 Å². The number of carbonyl (C=O) groups is 1. The summed E-state index contributed by atoms with van der Waals surface area (Å²) in [4.78, 5) is 18.4. The Bertz CT molecular complexity index is 1180. The van der Waals surface area contributed by atoms with Crippen molar-refractivity contribution in [1.82, 2.24) is 9.80 Å². The molecule has 1 heterocycles. The van der Waals surface area contributed by atoms with Crippen molar-refractivity contribution in [2.24, 2.45) is 0 Å². The molecular formula is C30H33FN2O4. The van der Waals surface area contributed by atoms with Gasteiger partial charge in [-0.05, 0) is 41.8 Å². The summed E-state index contributed by atoms with van der Waals surface area (Å²) < 4.78 is 30.5. The van der Waals surface area contributed by atoms with Crippen molar-refractivity contribution < 1.29 is 23.4 Å². The van der Waals surface area contributed by atoms with Crippen molar-refractivity contribution in [2.75, 3.05) is 40.4 Å². The van der Waals surface area contributed by atoms with Crippen molar-refractivity contribution in [3.8, 4) is 5.75 Å². The highest BCUT2D eigenvalue weighted by molar-refractivity contribution is 5.88. The first kappa shape index (κ1) is 25.4. The number of halogens is 1. The molecular weight excluding hydrogens is 471 g/mol. The fraction of sp³-hybridized carbons (Fsp3) is 0.367. The highest BCUT2D eigenvalue weighted by atomic mass is 19.1. The molecule has 0 radical (unpaired) electrons. The van der Waals surface area contributed by atoms with Crippen LogP contribution in [0.3, 0.4) is 0 Å². The van der Waals surface area contributed by atoms with Crippen LogP contribution in [0, 0.1) is 5.82 Å². The zero-order chi connectivity index (χ0) is 25.8. The van der Waals surface area contributed by atoms with Crippen LogP contribution < -0.4 is 4.74 Å². The van der Waals surface area contributed by atoms with Gasteiger partial charge >= 0.3 is 5.97 Å². The van der Waals surface area contributed by atoms with E-state index in [0.29, 0.717) is 6.42 Å². The van der Waals surface area contributed by atoms with E-state index in [-0.39, 0.29) is 17.9 Å². The SMILES string of the molecule is COc1ccc([C@@]2(C(=O)OC(c3ccccc3)N3CCN(Cc4ccc(F)cc4)CC3)C[C@@H]2OC)cc1. The van der Waals surface area contributed by atoms with Crippen molar-refractivity contribution >= 4 is 5.97 Å². The molecule has 37 heavy (non-hydrogen) atoms. The molecule has 0 amide bonds. The van der Waals surface area contributed by atoms with Crippen molar-refractivity contribution in [1.29, 1.82) is 0 Å². The second-order valence-electron chi connectivity index (χ2n) is 9.74. The Hall–Kier alpha value is -3.26. The normalized spacial score (nSPS) is 22.8. The Morgan fingerprint density at radius 2 is 1.62 bits per heavy atom. The molecule has 7 heteroatoms. The molecule has 5 rings (SSSR count). The summed E-state index contributed by atoms with van der Waals surface area (Å²) >= 11 is 0. The van der Waals surface area contributed by atoms with Gasteiger partial charge in [0.2, 0.25) is 0 Å². The van der Waals surface area contributed by atoms with E-state index in [4.69, 9.17) is 14.2 Å². The zero-order valence-electron chi connectivity index (χ0n) is 21.3. The number of benzene rings is 3. The van der Waals surface area contributed by atoms with E-state index in [0.717, 1.165) is 55.2 Å². The van der Waals surface area contributed by atoms with Crippen LogP contribution in [0.15, 0.2) is 78.9 Å². The van der Waals surface area contributed by atoms with Gasteiger partial charge in [0.25, 0.3) is 0 Å². The average molecular weight is 505 g/mol. The second kappa shape index (κ2) is 11.0. The summed E-state index contributed by atoms with van der Waals surface area (Å²) in [7, 11) is 3.26. The minimum atomic E-state index is -0.821. The van der Waals surface area contributed by atoms with E-state index in [2.05, 4.69) is 9.80 Å². The van der Waals surface area contributed by atoms with Crippen LogP contribution in [0.25, 0.3) is 0 Å². The van der Waals surface area contributed by atoms with Crippen LogP contribution in [0.2, 0.25) is 0 Å². The average Bonchev–Trinajstić information content (AvgIpc) is 3.70. The lowest BCUT2D eigenvalue weighted by molar-refractivity contribution is -0.167. The largest absolute Gasteiger partial charge is 0.497 e. The lowest BCUT2D eigenvalue weighted by Crippen LogP contribution is -2.48. The number of methoxy groups -OCH3 is 2. The van der Waals surface area contributed by atoms with E-state index < -0.39 is 11.6 Å². The number of rotatable bonds is 9. The third-order valence-corrected chi connectivity index (χ3v) is 7.51. The van der Waals surface area contributed by atoms with Crippen molar-refractivity contribution in [3.05, 3.63) is 101 Å². The minimum absolute atomic E-state index is 0.222. The summed E-state index contributed by atoms with van der Waals surface area (Å²) in [5.41, 5.74) is 2.09. The summed E-state index contributed by atoms with van der Waals surface area (Å²) in [5, 5.41) is 0. The van der Waals surface area contributed by atoms with Crippen LogP contribution in [0.1, 0.15) is 29.3 Å². The van der Waals surface area contributed by atoms with Gasteiger partial charge < -0.3 is 14.2 Å². The molecule has 0 spiro atoms. The van der Waals surface area contributed by atoms with Crippen LogP contribution in [0.4, 0.5) is 4.39 Å². The lowest BCUT2D eigenvalue weighted by atomic mass is 9.95. The molecule has 3 aromatic carbocycles. The molecule has 0 aromatic heterocycles. The molecule has 194 valence electrons. The molecule has 1 saturated carbocycles. The molecule has 0 bridgehead atoms. The molecule has 2 aliphatic rings. The van der Waals surface area contributed by atoms with Crippen LogP contribution in [0.5, 0.6) is 5.75 Å². The zero-order valence-corrected chi connectivity index (χ0v) is 21.3. The highest BCUT2D eigenvalue weighted by Crippen LogP contribution is 2.52. The fourth-order valence-electron chi connectivity index (χ4n) is 5.22. The van der Waals surface area contributed by atoms with Gasteiger partial charge in [0.15, 0.2) is 6.23 Å². The van der Waals surface area contributed by atoms with Crippen LogP contribution in [-0.4, -0.2) is 62.3 Å². The van der Waals surface area contributed by atoms with Crippen LogP contribution >= 0.6 is 0 Å². The highest BCUT2D eigenvalue weighted by Gasteiger charge is 2.64. The molecule has 1 saturated heterocycles. The lowest BCUT2D eigenvalue weighted by Gasteiger charge is -2.39. The third-order valence-electron chi connectivity index (χ3n) is 7.51. The summed E-state index contributed by atoms with van der Waals surface area (Å²) in [6, 6.07) is 24.1. The van der Waals surface area contributed by atoms with Gasteiger partial charge in [-0.15, -0.1) is 0 Å². The monoisotopic (exact) mass is 504 g/mol. The molecule has 2 fully saturated rings. The van der Waals surface area contributed by atoms with Gasteiger partial charge in [0.05, 0.1) is 13.2 Å². The Morgan fingerprint density at radius 3 is 2.22 bits per heavy atom. The number of piperazine rings is 1. The Balaban J connectivity index is 1.31. The Morgan fingerprint density at radius 1 is 0.946 bits per heavy atom. The predicted octanol–water partition coefficient (Wildman–Crippen LogP) is 4.55. The molecule has 1 aliphatic carbocycles. The summed E-state index contributed by atoms with van der Waals surface area (Å²) in [5.74, 6) is 0.245. The maximum absolute atomic E-state index is 13.8. The van der Waals surface area contributed by atoms with Crippen molar-refractivity contribution in [3.63, 3.8) is 0 Å². The van der Waals surface area contributed by atoms with Gasteiger partial charge in [-0.3, -0.25) is 14.6 Å². The molecule has 3 aromatic rings. The standard InChI is InChI=1S/C30H33FN2O4/c1-35-26-14-10-24(11-15-26)30(20-27(30)36-2)29(34)37-28(23-6-4-3-5-7-23)33-18-16-32(17-19-33)21-22-8-12-25(31)13-9-22/h3-15,27-28H,16-21H2,1-2H3/t27-,28?,30-/m0/s1. The first-order valence-corrected chi connectivity index (χ1v) is 12.7. The smallest absolute Gasteiger partial charge is 0.321 e. The topological polar surface area (TPSA) is 51.2 Å². The Labute approximate surface area is 217 Å². The number of carbonyl (C=O) groups excluding carboxylic acids is 1. The molecule has 1 aliphatic heterocycles. The van der Waals surface area contributed by atoms with Crippen molar-refractivity contribution in [2.45, 2.75) is 30.7 Å². The fourth-order valence-corrected chi connectivity index (χ4v) is 5.22. The van der Waals surface area contributed by atoms with Gasteiger partial charge in [-0.2, -0.15) is 0 Å². The first-order chi connectivity index (χ1) is 18.0. The second-order valence-corrected chi connectivity index (χ2v) is 9.74. The van der Waals surface area contributed by atoms with E-state index in [1.165, 1.54) is 12.1 Å². The van der Waals surface area contributed by atoms with Crippen LogP contribution in [-0.2, 0) is 26.2 Å². The number of nitrogens with zero attached hydrogens (tertiary/aromatic N) is 2. The molecule has 3 atom stereocenters. The first-order valence-electron chi connectivity index (χ1n) is 12.7. The maximum Gasteiger partial charge on any atom is 0.321 e. The quantitative estimate of drug-likeness (QED) is 0.399. The van der Waals surface area contributed by atoms with Gasteiger partial charge in [0.1, 0.15) is 17.0 Å². The van der Waals surface area contributed by atoms with Gasteiger partial charge in [-0.1, -0.05) is 54.6 Å². The summed E-state index contributed by atoms with van der Waals surface area (Å²) in [6.07, 6.45) is -0.131. The predicted molar refractivity (Wildman–Crippen MR) is 139 cm³/mol. The van der Waals surface area contributed by atoms with E-state index in [1.54, 1.807) is 14.2 Å². The minimum Gasteiger partial charge on any atom is -0.497 e. The van der Waals surface area contributed by atoms with E-state index in [1.807, 2.05) is 66.7 Å². The number of hydrogen-bond acceptors (Lipinski definition) is 6. The van der Waals surface area contributed by atoms with E-state index >= 15 is 0 Å². The third kappa shape index (κ3) is 5.39. The van der Waals surface area contributed by atoms with Gasteiger partial charge in [-0.25, -0.2) is 4.39 Å². The molecule has 0 N–H and O–H groups in total. The number of hydrogen-bond donors (Lipinski definition) is 0. The summed E-state index contributed by atoms with van der Waals surface area (Å²) in [6.45, 7) is 3.90. The number of ether oxygens (including phenoxy) is 3. The molecule has 1 unspecified atom stereocenters. The van der Waals surface area contributed by atoms with Gasteiger partial charge in [0, 0.05) is 45.4 Å². The molecule has 6 nitrogen and oxygen atoms in total. The Kier molecular flexibility index (Phi) is 7.55. The number of esters is 1.